The summed E-state index contributed by atoms with van der Waals surface area (Å²) >= 11 is 0. The van der Waals surface area contributed by atoms with Gasteiger partial charge in [0, 0.05) is 31.2 Å². The van der Waals surface area contributed by atoms with Crippen LogP contribution in [0.25, 0.3) is 0 Å². The number of nitrogens with two attached hydrogens (primary N) is 1. The van der Waals surface area contributed by atoms with E-state index in [-0.39, 0.29) is 17.9 Å². The largest absolute Gasteiger partial charge is 0.398 e. The lowest BCUT2D eigenvalue weighted by Crippen LogP contribution is -2.42. The molecule has 1 fully saturated rings. The molecule has 1 heterocycles. The van der Waals surface area contributed by atoms with Crippen molar-refractivity contribution in [3.63, 3.8) is 0 Å². The topological polar surface area (TPSA) is 75.4 Å². The molecule has 0 radical (unpaired) electrons. The molecule has 0 aliphatic carbocycles. The van der Waals surface area contributed by atoms with Crippen LogP contribution in [0.5, 0.6) is 0 Å². The second-order valence-electron chi connectivity index (χ2n) is 5.36. The highest BCUT2D eigenvalue weighted by molar-refractivity contribution is 6.00. The Kier molecular flexibility index (Phi) is 4.27. The monoisotopic (exact) mass is 275 g/mol. The van der Waals surface area contributed by atoms with Gasteiger partial charge < -0.3 is 16.0 Å². The number of amides is 2. The predicted octanol–water partition coefficient (Wildman–Crippen LogP) is 1.32. The molecule has 0 bridgehead atoms. The summed E-state index contributed by atoms with van der Waals surface area (Å²) in [5.41, 5.74) is 7.71. The molecule has 5 heteroatoms. The first-order valence-corrected chi connectivity index (χ1v) is 6.92. The maximum atomic E-state index is 12.3. The maximum absolute atomic E-state index is 12.3. The summed E-state index contributed by atoms with van der Waals surface area (Å²) in [6, 6.07) is 5.31. The zero-order valence-corrected chi connectivity index (χ0v) is 12.0. The number of hydrogen-bond donors (Lipinski definition) is 2. The van der Waals surface area contributed by atoms with Gasteiger partial charge in [-0.15, -0.1) is 0 Å². The van der Waals surface area contributed by atoms with Crippen LogP contribution < -0.4 is 11.1 Å². The first-order chi connectivity index (χ1) is 9.49. The number of rotatable bonds is 4. The van der Waals surface area contributed by atoms with Crippen LogP contribution in [0.1, 0.15) is 35.7 Å². The number of carbonyl (C=O) groups is 2. The number of carbonyl (C=O) groups excluding carboxylic acids is 2. The molecule has 108 valence electrons. The number of aryl methyl sites for hydroxylation is 1. The molecular formula is C15H21N3O2. The highest BCUT2D eigenvalue weighted by atomic mass is 16.2. The average Bonchev–Trinajstić information content (AvgIpc) is 2.74. The summed E-state index contributed by atoms with van der Waals surface area (Å²) in [5, 5.41) is 2.91. The zero-order valence-electron chi connectivity index (χ0n) is 12.0. The normalized spacial score (nSPS) is 16.3. The Bertz CT molecular complexity index is 508. The summed E-state index contributed by atoms with van der Waals surface area (Å²) in [5.74, 6) is -0.0127. The van der Waals surface area contributed by atoms with E-state index in [1.165, 1.54) is 0 Å². The van der Waals surface area contributed by atoms with Crippen molar-refractivity contribution in [1.82, 2.24) is 10.2 Å². The van der Waals surface area contributed by atoms with Gasteiger partial charge in [-0.05, 0) is 31.9 Å². The van der Waals surface area contributed by atoms with Crippen molar-refractivity contribution in [3.8, 4) is 0 Å². The fourth-order valence-electron chi connectivity index (χ4n) is 2.57. The summed E-state index contributed by atoms with van der Waals surface area (Å²) in [4.78, 5) is 25.6. The molecule has 1 unspecified atom stereocenters. The molecule has 1 aromatic carbocycles. The summed E-state index contributed by atoms with van der Waals surface area (Å²) in [6.45, 7) is 5.10. The van der Waals surface area contributed by atoms with Crippen molar-refractivity contribution in [3.05, 3.63) is 29.3 Å². The maximum Gasteiger partial charge on any atom is 0.253 e. The number of likely N-dealkylation sites (tertiary alicyclic amines) is 1. The highest BCUT2D eigenvalue weighted by Gasteiger charge is 2.23. The molecule has 2 amide bonds. The van der Waals surface area contributed by atoms with E-state index in [0.29, 0.717) is 24.2 Å². The predicted molar refractivity (Wildman–Crippen MR) is 78.3 cm³/mol. The van der Waals surface area contributed by atoms with Crippen molar-refractivity contribution in [2.75, 3.05) is 18.8 Å². The molecule has 1 aliphatic rings. The van der Waals surface area contributed by atoms with Gasteiger partial charge in [-0.25, -0.2) is 0 Å². The quantitative estimate of drug-likeness (QED) is 0.814. The van der Waals surface area contributed by atoms with E-state index < -0.39 is 0 Å². The molecule has 1 aliphatic heterocycles. The van der Waals surface area contributed by atoms with E-state index in [2.05, 4.69) is 5.32 Å². The Labute approximate surface area is 119 Å². The molecule has 1 saturated heterocycles. The number of nitrogen functional groups attached to an aromatic ring is 1. The van der Waals surface area contributed by atoms with Crippen LogP contribution in [0.4, 0.5) is 5.69 Å². The van der Waals surface area contributed by atoms with Crippen molar-refractivity contribution in [2.45, 2.75) is 32.7 Å². The zero-order chi connectivity index (χ0) is 14.7. The van der Waals surface area contributed by atoms with Crippen LogP contribution in [0.15, 0.2) is 18.2 Å². The van der Waals surface area contributed by atoms with Gasteiger partial charge in [0.25, 0.3) is 5.91 Å². The van der Waals surface area contributed by atoms with Gasteiger partial charge in [-0.1, -0.05) is 12.1 Å². The third-order valence-electron chi connectivity index (χ3n) is 3.58. The summed E-state index contributed by atoms with van der Waals surface area (Å²) < 4.78 is 0. The smallest absolute Gasteiger partial charge is 0.253 e. The third kappa shape index (κ3) is 3.10. The molecule has 1 aromatic rings. The first-order valence-electron chi connectivity index (χ1n) is 6.92. The van der Waals surface area contributed by atoms with E-state index >= 15 is 0 Å². The minimum Gasteiger partial charge on any atom is -0.398 e. The summed E-state index contributed by atoms with van der Waals surface area (Å²) in [6.07, 6.45) is 1.52. The van der Waals surface area contributed by atoms with Gasteiger partial charge in [0.2, 0.25) is 5.91 Å². The Morgan fingerprint density at radius 1 is 1.50 bits per heavy atom. The lowest BCUT2D eigenvalue weighted by molar-refractivity contribution is -0.127. The van der Waals surface area contributed by atoms with E-state index in [1.807, 2.05) is 26.0 Å². The average molecular weight is 275 g/mol. The Hall–Kier alpha value is -2.04. The van der Waals surface area contributed by atoms with Crippen LogP contribution in [-0.2, 0) is 4.79 Å². The lowest BCUT2D eigenvalue weighted by atomic mass is 10.1. The molecule has 3 N–H and O–H groups in total. The SMILES string of the molecule is Cc1cccc(N)c1C(=O)NC(C)CN1CCCC1=O. The van der Waals surface area contributed by atoms with Gasteiger partial charge in [0.15, 0.2) is 0 Å². The number of nitrogens with one attached hydrogen (secondary N) is 1. The third-order valence-corrected chi connectivity index (χ3v) is 3.58. The van der Waals surface area contributed by atoms with Gasteiger partial charge >= 0.3 is 0 Å². The molecule has 5 nitrogen and oxygen atoms in total. The van der Waals surface area contributed by atoms with Crippen molar-refractivity contribution < 1.29 is 9.59 Å². The minimum absolute atomic E-state index is 0.0939. The van der Waals surface area contributed by atoms with Crippen molar-refractivity contribution in [1.29, 1.82) is 0 Å². The van der Waals surface area contributed by atoms with E-state index in [0.717, 1.165) is 18.5 Å². The van der Waals surface area contributed by atoms with Crippen molar-refractivity contribution >= 4 is 17.5 Å². The second kappa shape index (κ2) is 5.94. The minimum atomic E-state index is -0.181. The molecule has 0 saturated carbocycles. The standard InChI is InChI=1S/C15H21N3O2/c1-10-5-3-6-12(16)14(10)15(20)17-11(2)9-18-8-4-7-13(18)19/h3,5-6,11H,4,7-9,16H2,1-2H3,(H,17,20). The van der Waals surface area contributed by atoms with Crippen LogP contribution in [0.3, 0.4) is 0 Å². The highest BCUT2D eigenvalue weighted by Crippen LogP contribution is 2.16. The number of anilines is 1. The fourth-order valence-corrected chi connectivity index (χ4v) is 2.57. The molecule has 2 rings (SSSR count). The molecular weight excluding hydrogens is 254 g/mol. The van der Waals surface area contributed by atoms with Crippen LogP contribution in [0, 0.1) is 6.92 Å². The second-order valence-corrected chi connectivity index (χ2v) is 5.36. The van der Waals surface area contributed by atoms with E-state index in [1.54, 1.807) is 11.0 Å². The van der Waals surface area contributed by atoms with E-state index in [9.17, 15) is 9.59 Å². The number of benzene rings is 1. The van der Waals surface area contributed by atoms with Gasteiger partial charge in [0.05, 0.1) is 5.56 Å². The number of nitrogens with zero attached hydrogens (tertiary/aromatic N) is 1. The number of hydrogen-bond acceptors (Lipinski definition) is 3. The summed E-state index contributed by atoms with van der Waals surface area (Å²) in [7, 11) is 0. The van der Waals surface area contributed by atoms with E-state index in [4.69, 9.17) is 5.73 Å². The van der Waals surface area contributed by atoms with Crippen molar-refractivity contribution in [2.24, 2.45) is 0 Å². The molecule has 0 aromatic heterocycles. The van der Waals surface area contributed by atoms with Gasteiger partial charge in [0.1, 0.15) is 0 Å². The lowest BCUT2D eigenvalue weighted by Gasteiger charge is -2.22. The van der Waals surface area contributed by atoms with Crippen LogP contribution >= 0.6 is 0 Å². The molecule has 0 spiro atoms. The molecule has 1 atom stereocenters. The Morgan fingerprint density at radius 2 is 2.25 bits per heavy atom. The first kappa shape index (κ1) is 14.4. The Morgan fingerprint density at radius 3 is 2.85 bits per heavy atom. The Balaban J connectivity index is 1.99. The van der Waals surface area contributed by atoms with Crippen LogP contribution in [-0.4, -0.2) is 35.8 Å². The fraction of sp³-hybridized carbons (Fsp3) is 0.467. The van der Waals surface area contributed by atoms with Gasteiger partial charge in [-0.3, -0.25) is 9.59 Å². The molecule has 20 heavy (non-hydrogen) atoms. The van der Waals surface area contributed by atoms with Gasteiger partial charge in [-0.2, -0.15) is 0 Å². The van der Waals surface area contributed by atoms with Crippen LogP contribution in [0.2, 0.25) is 0 Å².